The molecule has 0 spiro atoms. The summed E-state index contributed by atoms with van der Waals surface area (Å²) >= 11 is 0. The lowest BCUT2D eigenvalue weighted by Gasteiger charge is -2.16. The molecule has 4 heteroatoms. The lowest BCUT2D eigenvalue weighted by molar-refractivity contribution is 0.0755. The van der Waals surface area contributed by atoms with Crippen LogP contribution in [0.3, 0.4) is 0 Å². The third-order valence-electron chi connectivity index (χ3n) is 2.19. The summed E-state index contributed by atoms with van der Waals surface area (Å²) in [6.45, 7) is 5.57. The molecular formula is C10H13N3O. The van der Waals surface area contributed by atoms with Crippen LogP contribution >= 0.6 is 0 Å². The number of amides is 1. The highest BCUT2D eigenvalue weighted by Crippen LogP contribution is 2.18. The Morgan fingerprint density at radius 3 is 2.79 bits per heavy atom. The molecule has 0 aromatic carbocycles. The molecule has 0 bridgehead atoms. The predicted molar refractivity (Wildman–Crippen MR) is 51.6 cm³/mol. The van der Waals surface area contributed by atoms with Crippen molar-refractivity contribution in [1.82, 2.24) is 14.9 Å². The lowest BCUT2D eigenvalue weighted by Crippen LogP contribution is -2.28. The smallest absolute Gasteiger partial charge is 0.274 e. The zero-order valence-corrected chi connectivity index (χ0v) is 8.40. The Hall–Kier alpha value is -1.45. The average molecular weight is 191 g/mol. The number of carbonyl (C=O) groups is 1. The quantitative estimate of drug-likeness (QED) is 0.703. The molecule has 0 atom stereocenters. The first kappa shape index (κ1) is 9.12. The number of aromatic nitrogens is 2. The standard InChI is InChI=1S/C10H13N3O/c1-7(2)5-13-6-8-9(10(13)14)12-4-3-11-8/h3-4,7H,5-6H2,1-2H3. The molecule has 0 saturated carbocycles. The maximum atomic E-state index is 11.8. The van der Waals surface area contributed by atoms with Crippen molar-refractivity contribution in [2.45, 2.75) is 20.4 Å². The van der Waals surface area contributed by atoms with Crippen molar-refractivity contribution >= 4 is 5.91 Å². The van der Waals surface area contributed by atoms with E-state index < -0.39 is 0 Å². The van der Waals surface area contributed by atoms with Crippen molar-refractivity contribution in [3.05, 3.63) is 23.8 Å². The van der Waals surface area contributed by atoms with Gasteiger partial charge in [-0.3, -0.25) is 9.78 Å². The van der Waals surface area contributed by atoms with Gasteiger partial charge in [-0.1, -0.05) is 13.8 Å². The van der Waals surface area contributed by atoms with Crippen LogP contribution in [0.15, 0.2) is 12.4 Å². The van der Waals surface area contributed by atoms with Crippen LogP contribution in [0, 0.1) is 5.92 Å². The molecule has 2 heterocycles. The average Bonchev–Trinajstić information content (AvgIpc) is 2.44. The van der Waals surface area contributed by atoms with Crippen molar-refractivity contribution < 1.29 is 4.79 Å². The van der Waals surface area contributed by atoms with Gasteiger partial charge >= 0.3 is 0 Å². The molecule has 1 aliphatic heterocycles. The normalized spacial score (nSPS) is 15.1. The van der Waals surface area contributed by atoms with E-state index in [2.05, 4.69) is 23.8 Å². The van der Waals surface area contributed by atoms with Crippen molar-refractivity contribution in [2.24, 2.45) is 5.92 Å². The van der Waals surface area contributed by atoms with Crippen molar-refractivity contribution in [1.29, 1.82) is 0 Å². The molecule has 0 unspecified atom stereocenters. The van der Waals surface area contributed by atoms with Gasteiger partial charge in [-0.25, -0.2) is 4.98 Å². The maximum Gasteiger partial charge on any atom is 0.274 e. The number of hydrogen-bond acceptors (Lipinski definition) is 3. The van der Waals surface area contributed by atoms with E-state index >= 15 is 0 Å². The summed E-state index contributed by atoms with van der Waals surface area (Å²) in [5.74, 6) is 0.495. The molecular weight excluding hydrogens is 178 g/mol. The van der Waals surface area contributed by atoms with E-state index in [1.54, 1.807) is 17.3 Å². The highest BCUT2D eigenvalue weighted by atomic mass is 16.2. The van der Waals surface area contributed by atoms with E-state index in [-0.39, 0.29) is 5.91 Å². The van der Waals surface area contributed by atoms with Gasteiger partial charge in [0, 0.05) is 18.9 Å². The Labute approximate surface area is 83.0 Å². The Kier molecular flexibility index (Phi) is 2.19. The molecule has 0 saturated heterocycles. The molecule has 1 aliphatic rings. The second kappa shape index (κ2) is 3.36. The van der Waals surface area contributed by atoms with Crippen LogP contribution in [0.5, 0.6) is 0 Å². The summed E-state index contributed by atoms with van der Waals surface area (Å²) in [5.41, 5.74) is 1.33. The Bertz CT molecular complexity index is 362. The number of nitrogens with zero attached hydrogens (tertiary/aromatic N) is 3. The maximum absolute atomic E-state index is 11.8. The van der Waals surface area contributed by atoms with Crippen molar-refractivity contribution in [3.63, 3.8) is 0 Å². The summed E-state index contributed by atoms with van der Waals surface area (Å²) in [7, 11) is 0. The van der Waals surface area contributed by atoms with Gasteiger partial charge in [0.15, 0.2) is 5.69 Å². The molecule has 1 amide bonds. The third kappa shape index (κ3) is 1.47. The van der Waals surface area contributed by atoms with Crippen LogP contribution < -0.4 is 0 Å². The summed E-state index contributed by atoms with van der Waals surface area (Å²) < 4.78 is 0. The first-order chi connectivity index (χ1) is 6.68. The second-order valence-corrected chi connectivity index (χ2v) is 3.93. The predicted octanol–water partition coefficient (Wildman–Crippen LogP) is 1.09. The van der Waals surface area contributed by atoms with Gasteiger partial charge in [-0.2, -0.15) is 0 Å². The highest BCUT2D eigenvalue weighted by molar-refractivity contribution is 5.95. The monoisotopic (exact) mass is 191 g/mol. The highest BCUT2D eigenvalue weighted by Gasteiger charge is 2.29. The van der Waals surface area contributed by atoms with Crippen molar-refractivity contribution in [3.8, 4) is 0 Å². The van der Waals surface area contributed by atoms with E-state index in [0.29, 0.717) is 18.2 Å². The fraction of sp³-hybridized carbons (Fsp3) is 0.500. The van der Waals surface area contributed by atoms with E-state index in [0.717, 1.165) is 12.2 Å². The fourth-order valence-corrected chi connectivity index (χ4v) is 1.65. The van der Waals surface area contributed by atoms with Crippen LogP contribution in [0.4, 0.5) is 0 Å². The minimum Gasteiger partial charge on any atom is -0.331 e. The molecule has 0 N–H and O–H groups in total. The number of rotatable bonds is 2. The number of hydrogen-bond donors (Lipinski definition) is 0. The van der Waals surface area contributed by atoms with Crippen LogP contribution in [-0.4, -0.2) is 27.3 Å². The van der Waals surface area contributed by atoms with Gasteiger partial charge < -0.3 is 4.90 Å². The topological polar surface area (TPSA) is 46.1 Å². The SMILES string of the molecule is CC(C)CN1Cc2nccnc2C1=O. The molecule has 1 aromatic rings. The molecule has 0 aliphatic carbocycles. The van der Waals surface area contributed by atoms with Gasteiger partial charge in [0.1, 0.15) is 0 Å². The Morgan fingerprint density at radius 2 is 2.14 bits per heavy atom. The summed E-state index contributed by atoms with van der Waals surface area (Å²) in [6.07, 6.45) is 3.20. The van der Waals surface area contributed by atoms with E-state index in [4.69, 9.17) is 0 Å². The molecule has 14 heavy (non-hydrogen) atoms. The van der Waals surface area contributed by atoms with Gasteiger partial charge in [0.25, 0.3) is 5.91 Å². The lowest BCUT2D eigenvalue weighted by atomic mass is 10.2. The van der Waals surface area contributed by atoms with Crippen LogP contribution in [-0.2, 0) is 6.54 Å². The van der Waals surface area contributed by atoms with Crippen LogP contribution in [0.2, 0.25) is 0 Å². The Balaban J connectivity index is 2.21. The zero-order valence-electron chi connectivity index (χ0n) is 8.40. The molecule has 1 aromatic heterocycles. The first-order valence-corrected chi connectivity index (χ1v) is 4.77. The minimum absolute atomic E-state index is 0.0156. The number of carbonyl (C=O) groups excluding carboxylic acids is 1. The van der Waals surface area contributed by atoms with E-state index in [1.807, 2.05) is 0 Å². The zero-order chi connectivity index (χ0) is 10.1. The second-order valence-electron chi connectivity index (χ2n) is 3.93. The van der Waals surface area contributed by atoms with Crippen molar-refractivity contribution in [2.75, 3.05) is 6.54 Å². The molecule has 4 nitrogen and oxygen atoms in total. The van der Waals surface area contributed by atoms with Gasteiger partial charge in [0.05, 0.1) is 12.2 Å². The summed E-state index contributed by atoms with van der Waals surface area (Å²) in [4.78, 5) is 21.7. The minimum atomic E-state index is 0.0156. The third-order valence-corrected chi connectivity index (χ3v) is 2.19. The van der Waals surface area contributed by atoms with Gasteiger partial charge in [-0.15, -0.1) is 0 Å². The fourth-order valence-electron chi connectivity index (χ4n) is 1.65. The Morgan fingerprint density at radius 1 is 1.43 bits per heavy atom. The largest absolute Gasteiger partial charge is 0.331 e. The van der Waals surface area contributed by atoms with Crippen LogP contribution in [0.1, 0.15) is 30.0 Å². The van der Waals surface area contributed by atoms with Gasteiger partial charge in [0.2, 0.25) is 0 Å². The first-order valence-electron chi connectivity index (χ1n) is 4.77. The molecule has 2 rings (SSSR count). The van der Waals surface area contributed by atoms with E-state index in [9.17, 15) is 4.79 Å². The molecule has 0 radical (unpaired) electrons. The number of fused-ring (bicyclic) bond motifs is 1. The van der Waals surface area contributed by atoms with E-state index in [1.165, 1.54) is 0 Å². The molecule has 0 fully saturated rings. The molecule has 74 valence electrons. The summed E-state index contributed by atoms with van der Waals surface area (Å²) in [5, 5.41) is 0. The van der Waals surface area contributed by atoms with Gasteiger partial charge in [-0.05, 0) is 5.92 Å². The summed E-state index contributed by atoms with van der Waals surface area (Å²) in [6, 6.07) is 0. The van der Waals surface area contributed by atoms with Crippen LogP contribution in [0.25, 0.3) is 0 Å².